The van der Waals surface area contributed by atoms with Crippen molar-refractivity contribution in [3.05, 3.63) is 24.0 Å². The molecule has 1 aliphatic rings. The largest absolute Gasteiger partial charge is 0.385 e. The molecule has 1 unspecified atom stereocenters. The van der Waals surface area contributed by atoms with Crippen LogP contribution >= 0.6 is 0 Å². The summed E-state index contributed by atoms with van der Waals surface area (Å²) in [6, 6.07) is 3.31. The Bertz CT molecular complexity index is 292. The first-order valence-corrected chi connectivity index (χ1v) is 3.42. The zero-order chi connectivity index (χ0) is 7.84. The lowest BCUT2D eigenvalue weighted by Crippen LogP contribution is -2.38. The predicted molar refractivity (Wildman–Crippen MR) is 38.2 cm³/mol. The Morgan fingerprint density at radius 3 is 3.27 bits per heavy atom. The van der Waals surface area contributed by atoms with Gasteiger partial charge in [0.25, 0.3) is 0 Å². The highest BCUT2D eigenvalue weighted by molar-refractivity contribution is 5.78. The summed E-state index contributed by atoms with van der Waals surface area (Å²) < 4.78 is 1.41. The van der Waals surface area contributed by atoms with Crippen molar-refractivity contribution in [2.75, 3.05) is 6.54 Å². The van der Waals surface area contributed by atoms with Crippen molar-refractivity contribution >= 4 is 6.03 Å². The van der Waals surface area contributed by atoms with E-state index in [9.17, 15) is 9.90 Å². The van der Waals surface area contributed by atoms with Crippen molar-refractivity contribution in [2.24, 2.45) is 0 Å². The second kappa shape index (κ2) is 2.10. The van der Waals surface area contributed by atoms with Crippen molar-refractivity contribution in [3.63, 3.8) is 0 Å². The van der Waals surface area contributed by atoms with Gasteiger partial charge in [-0.3, -0.25) is 4.57 Å². The van der Waals surface area contributed by atoms with E-state index in [1.165, 1.54) is 4.57 Å². The number of carbonyl (C=O) groups excluding carboxylic acids is 1. The number of hydrogen-bond donors (Lipinski definition) is 2. The fraction of sp³-hybridized carbons (Fsp3) is 0.286. The molecule has 0 spiro atoms. The molecular formula is C7H8N2O2. The Kier molecular flexibility index (Phi) is 1.22. The third-order valence-electron chi connectivity index (χ3n) is 1.79. The molecule has 0 saturated carbocycles. The van der Waals surface area contributed by atoms with E-state index in [4.69, 9.17) is 0 Å². The number of rotatable bonds is 0. The third kappa shape index (κ3) is 0.832. The Morgan fingerprint density at radius 1 is 1.73 bits per heavy atom. The lowest BCUT2D eigenvalue weighted by Gasteiger charge is -2.20. The fourth-order valence-electron chi connectivity index (χ4n) is 1.22. The molecule has 4 heteroatoms. The Balaban J connectivity index is 2.51. The number of fused-ring (bicyclic) bond motifs is 1. The van der Waals surface area contributed by atoms with Gasteiger partial charge in [0.15, 0.2) is 0 Å². The summed E-state index contributed by atoms with van der Waals surface area (Å²) in [6.45, 7) is 0.308. The van der Waals surface area contributed by atoms with E-state index in [-0.39, 0.29) is 6.03 Å². The molecule has 1 atom stereocenters. The van der Waals surface area contributed by atoms with Crippen molar-refractivity contribution < 1.29 is 9.90 Å². The van der Waals surface area contributed by atoms with Gasteiger partial charge in [0.2, 0.25) is 0 Å². The van der Waals surface area contributed by atoms with Crippen LogP contribution in [0.4, 0.5) is 4.79 Å². The average Bonchev–Trinajstić information content (AvgIpc) is 2.45. The molecule has 2 rings (SSSR count). The molecule has 11 heavy (non-hydrogen) atoms. The monoisotopic (exact) mass is 152 g/mol. The zero-order valence-corrected chi connectivity index (χ0v) is 5.82. The maximum Gasteiger partial charge on any atom is 0.325 e. The minimum absolute atomic E-state index is 0.171. The van der Waals surface area contributed by atoms with Crippen LogP contribution in [0, 0.1) is 0 Å². The number of amides is 1. The number of β-amino-alcohol motifs (C(OH)–C–C–N with tert-alkyl or cyclic N) is 1. The molecule has 2 heterocycles. The van der Waals surface area contributed by atoms with Crippen LogP contribution in [0.2, 0.25) is 0 Å². The van der Waals surface area contributed by atoms with Crippen molar-refractivity contribution in [3.8, 4) is 0 Å². The number of aliphatic hydroxyl groups excluding tert-OH is 1. The maximum atomic E-state index is 11.0. The Labute approximate surface area is 63.4 Å². The molecule has 0 saturated heterocycles. The highest BCUT2D eigenvalue weighted by Gasteiger charge is 2.21. The quantitative estimate of drug-likeness (QED) is 0.553. The molecule has 0 bridgehead atoms. The van der Waals surface area contributed by atoms with Gasteiger partial charge in [-0.15, -0.1) is 0 Å². The number of aromatic nitrogens is 1. The normalized spacial score (nSPS) is 22.6. The minimum Gasteiger partial charge on any atom is -0.385 e. The summed E-state index contributed by atoms with van der Waals surface area (Å²) in [5.74, 6) is 0. The first-order valence-electron chi connectivity index (χ1n) is 3.42. The van der Waals surface area contributed by atoms with Crippen LogP contribution in [0.15, 0.2) is 18.3 Å². The van der Waals surface area contributed by atoms with Crippen LogP contribution < -0.4 is 5.32 Å². The lowest BCUT2D eigenvalue weighted by molar-refractivity contribution is 0.154. The molecule has 1 aromatic heterocycles. The number of hydrogen-bond acceptors (Lipinski definition) is 2. The summed E-state index contributed by atoms with van der Waals surface area (Å²) in [5, 5.41) is 11.9. The van der Waals surface area contributed by atoms with Crippen LogP contribution in [0.5, 0.6) is 0 Å². The van der Waals surface area contributed by atoms with E-state index in [1.54, 1.807) is 18.3 Å². The van der Waals surface area contributed by atoms with Gasteiger partial charge in [0, 0.05) is 6.20 Å². The Hall–Kier alpha value is -1.29. The van der Waals surface area contributed by atoms with E-state index in [2.05, 4.69) is 5.32 Å². The standard InChI is InChI=1S/C7H8N2O2/c10-6-4-8-7(11)9-3-1-2-5(6)9/h1-3,6,10H,4H2,(H,8,11). The van der Waals surface area contributed by atoms with E-state index >= 15 is 0 Å². The molecule has 0 fully saturated rings. The molecule has 1 aromatic rings. The molecule has 2 N–H and O–H groups in total. The van der Waals surface area contributed by atoms with Gasteiger partial charge in [0.1, 0.15) is 6.10 Å². The van der Waals surface area contributed by atoms with Crippen LogP contribution in [0.1, 0.15) is 11.8 Å². The van der Waals surface area contributed by atoms with E-state index in [0.717, 1.165) is 0 Å². The fourth-order valence-corrected chi connectivity index (χ4v) is 1.22. The van der Waals surface area contributed by atoms with Crippen molar-refractivity contribution in [2.45, 2.75) is 6.10 Å². The average molecular weight is 152 g/mol. The van der Waals surface area contributed by atoms with Gasteiger partial charge in [-0.05, 0) is 12.1 Å². The molecule has 1 aliphatic heterocycles. The van der Waals surface area contributed by atoms with Crippen LogP contribution in [0.3, 0.4) is 0 Å². The van der Waals surface area contributed by atoms with E-state index in [0.29, 0.717) is 12.2 Å². The maximum absolute atomic E-state index is 11.0. The molecule has 4 nitrogen and oxygen atoms in total. The smallest absolute Gasteiger partial charge is 0.325 e. The molecule has 0 aromatic carbocycles. The van der Waals surface area contributed by atoms with E-state index in [1.807, 2.05) is 0 Å². The summed E-state index contributed by atoms with van der Waals surface area (Å²) in [5.41, 5.74) is 0.661. The molecule has 58 valence electrons. The first kappa shape index (κ1) is 6.42. The number of nitrogens with one attached hydrogen (secondary N) is 1. The number of carbonyl (C=O) groups is 1. The SMILES string of the molecule is O=C1NCC(O)c2cccn21. The lowest BCUT2D eigenvalue weighted by atomic mass is 10.2. The minimum atomic E-state index is -0.567. The summed E-state index contributed by atoms with van der Waals surface area (Å²) in [7, 11) is 0. The number of nitrogens with zero attached hydrogens (tertiary/aromatic N) is 1. The topological polar surface area (TPSA) is 54.3 Å². The molecular weight excluding hydrogens is 144 g/mol. The summed E-state index contributed by atoms with van der Waals surface area (Å²) >= 11 is 0. The highest BCUT2D eigenvalue weighted by atomic mass is 16.3. The third-order valence-corrected chi connectivity index (χ3v) is 1.79. The summed E-state index contributed by atoms with van der Waals surface area (Å²) in [4.78, 5) is 11.0. The van der Waals surface area contributed by atoms with Gasteiger partial charge >= 0.3 is 6.03 Å². The van der Waals surface area contributed by atoms with Gasteiger partial charge in [-0.2, -0.15) is 0 Å². The second-order valence-corrected chi connectivity index (χ2v) is 2.50. The molecule has 1 amide bonds. The van der Waals surface area contributed by atoms with Crippen molar-refractivity contribution in [1.82, 2.24) is 9.88 Å². The Morgan fingerprint density at radius 2 is 2.55 bits per heavy atom. The highest BCUT2D eigenvalue weighted by Crippen LogP contribution is 2.15. The second-order valence-electron chi connectivity index (χ2n) is 2.50. The van der Waals surface area contributed by atoms with Gasteiger partial charge < -0.3 is 10.4 Å². The van der Waals surface area contributed by atoms with Crippen LogP contribution in [-0.2, 0) is 0 Å². The molecule has 0 radical (unpaired) electrons. The van der Waals surface area contributed by atoms with Crippen molar-refractivity contribution in [1.29, 1.82) is 0 Å². The van der Waals surface area contributed by atoms with Gasteiger partial charge in [-0.1, -0.05) is 0 Å². The predicted octanol–water partition coefficient (Wildman–Crippen LogP) is 0.0928. The number of aliphatic hydroxyl groups is 1. The van der Waals surface area contributed by atoms with Gasteiger partial charge in [0.05, 0.1) is 12.2 Å². The zero-order valence-electron chi connectivity index (χ0n) is 5.82. The van der Waals surface area contributed by atoms with Crippen LogP contribution in [-0.4, -0.2) is 22.2 Å². The molecule has 0 aliphatic carbocycles. The van der Waals surface area contributed by atoms with E-state index < -0.39 is 6.10 Å². The first-order chi connectivity index (χ1) is 5.29. The van der Waals surface area contributed by atoms with Crippen LogP contribution in [0.25, 0.3) is 0 Å². The van der Waals surface area contributed by atoms with Gasteiger partial charge in [-0.25, -0.2) is 4.79 Å². The summed E-state index contributed by atoms with van der Waals surface area (Å²) in [6.07, 6.45) is 1.07.